The summed E-state index contributed by atoms with van der Waals surface area (Å²) in [7, 11) is 0. The van der Waals surface area contributed by atoms with Gasteiger partial charge in [0.2, 0.25) is 0 Å². The standard InChI is InChI=1S/C4H9O2.Y/c1-3-6-4(2)5;/h4H,3H2,1-2H3;/q-1;+1. The Morgan fingerprint density at radius 1 is 1.71 bits per heavy atom. The third kappa shape index (κ3) is 4.89. The van der Waals surface area contributed by atoms with Crippen molar-refractivity contribution in [2.45, 2.75) is 20.1 Å². The molecule has 0 saturated carbocycles. The zero-order valence-corrected chi connectivity index (χ0v) is 7.52. The minimum atomic E-state index is 0.00685. The van der Waals surface area contributed by atoms with Crippen LogP contribution in [0.25, 0.3) is 0 Å². The molecule has 0 heterocycles. The molecule has 0 aliphatic carbocycles. The quantitative estimate of drug-likeness (QED) is 0.596. The van der Waals surface area contributed by atoms with Crippen molar-refractivity contribution in [1.82, 2.24) is 0 Å². The molecule has 40 valence electrons. The van der Waals surface area contributed by atoms with Crippen LogP contribution in [0.3, 0.4) is 0 Å². The molecule has 0 bridgehead atoms. The van der Waals surface area contributed by atoms with Gasteiger partial charge in [-0.2, -0.15) is 0 Å². The summed E-state index contributed by atoms with van der Waals surface area (Å²) in [6.07, 6.45) is 0.00685. The molecule has 0 fully saturated rings. The average molecular weight is 178 g/mol. The number of hydrogen-bond acceptors (Lipinski definition) is 2. The van der Waals surface area contributed by atoms with Gasteiger partial charge in [0.1, 0.15) is 0 Å². The first-order valence-electron chi connectivity index (χ1n) is 2.28. The molecule has 0 amide bonds. The van der Waals surface area contributed by atoms with Gasteiger partial charge in [0.15, 0.2) is 0 Å². The van der Waals surface area contributed by atoms with E-state index >= 15 is 0 Å². The molecule has 0 radical (unpaired) electrons. The Morgan fingerprint density at radius 2 is 2.29 bits per heavy atom. The first-order valence-corrected chi connectivity index (χ1v) is 3.44. The zero-order chi connectivity index (χ0) is 5.70. The first kappa shape index (κ1) is 8.02. The van der Waals surface area contributed by atoms with E-state index in [4.69, 9.17) is 6.79 Å². The SMILES string of the molecule is CCOC(C)[O][Y]. The van der Waals surface area contributed by atoms with Gasteiger partial charge in [-0.25, -0.2) is 0 Å². The van der Waals surface area contributed by atoms with Gasteiger partial charge >= 0.3 is 65.0 Å². The molecule has 0 aromatic rings. The van der Waals surface area contributed by atoms with Gasteiger partial charge in [-0.05, 0) is 0 Å². The Bertz CT molecular complexity index is 40.7. The molecule has 0 N–H and O–H groups in total. The maximum atomic E-state index is 5.00. The van der Waals surface area contributed by atoms with Crippen molar-refractivity contribution in [3.05, 3.63) is 0 Å². The van der Waals surface area contributed by atoms with E-state index in [1.54, 1.807) is 0 Å². The molecule has 3 heteroatoms. The zero-order valence-electron chi connectivity index (χ0n) is 4.68. The first-order chi connectivity index (χ1) is 3.31. The molecule has 0 aromatic heterocycles. The van der Waals surface area contributed by atoms with Crippen LogP contribution in [0.2, 0.25) is 0 Å². The summed E-state index contributed by atoms with van der Waals surface area (Å²) in [5, 5.41) is 0. The van der Waals surface area contributed by atoms with Crippen LogP contribution in [0, 0.1) is 0 Å². The summed E-state index contributed by atoms with van der Waals surface area (Å²) in [4.78, 5) is 0. The van der Waals surface area contributed by atoms with Crippen LogP contribution in [-0.2, 0) is 38.3 Å². The minimum absolute atomic E-state index is 0.00685. The summed E-state index contributed by atoms with van der Waals surface area (Å²) >= 11 is 0.817. The average Bonchev–Trinajstić information content (AvgIpc) is 1.68. The van der Waals surface area contributed by atoms with Crippen molar-refractivity contribution in [3.63, 3.8) is 0 Å². The Kier molecular flexibility index (Phi) is 5.92. The monoisotopic (exact) mass is 178 g/mol. The van der Waals surface area contributed by atoms with E-state index in [1.807, 2.05) is 13.8 Å². The van der Waals surface area contributed by atoms with E-state index in [2.05, 4.69) is 0 Å². The molecular weight excluding hydrogens is 169 g/mol. The predicted molar refractivity (Wildman–Crippen MR) is 22.2 cm³/mol. The second-order valence-corrected chi connectivity index (χ2v) is 1.83. The Labute approximate surface area is 64.8 Å². The topological polar surface area (TPSA) is 18.5 Å². The van der Waals surface area contributed by atoms with Crippen molar-refractivity contribution in [3.8, 4) is 0 Å². The molecular formula is C4H9O2Y. The number of rotatable bonds is 3. The predicted octanol–water partition coefficient (Wildman–Crippen LogP) is 0.847. The molecule has 1 atom stereocenters. The number of hydrogen-bond donors (Lipinski definition) is 0. The van der Waals surface area contributed by atoms with Crippen LogP contribution >= 0.6 is 0 Å². The van der Waals surface area contributed by atoms with Crippen LogP contribution in [0.1, 0.15) is 13.8 Å². The van der Waals surface area contributed by atoms with Crippen LogP contribution in [0.5, 0.6) is 0 Å². The molecule has 1 unspecified atom stereocenters. The van der Waals surface area contributed by atoms with Crippen LogP contribution in [0.4, 0.5) is 0 Å². The van der Waals surface area contributed by atoms with Crippen LogP contribution < -0.4 is 0 Å². The van der Waals surface area contributed by atoms with Crippen molar-refractivity contribution in [1.29, 1.82) is 0 Å². The van der Waals surface area contributed by atoms with E-state index < -0.39 is 0 Å². The fourth-order valence-corrected chi connectivity index (χ4v) is 0.467. The normalized spacial score (nSPS) is 13.9. The van der Waals surface area contributed by atoms with E-state index in [9.17, 15) is 0 Å². The van der Waals surface area contributed by atoms with Gasteiger partial charge in [0, 0.05) is 0 Å². The Morgan fingerprint density at radius 3 is 2.43 bits per heavy atom. The van der Waals surface area contributed by atoms with Crippen LogP contribution in [-0.4, -0.2) is 12.9 Å². The van der Waals surface area contributed by atoms with Gasteiger partial charge in [-0.15, -0.1) is 0 Å². The van der Waals surface area contributed by atoms with Gasteiger partial charge in [0.05, 0.1) is 0 Å². The molecule has 0 aromatic carbocycles. The third-order valence-corrected chi connectivity index (χ3v) is 1.54. The van der Waals surface area contributed by atoms with Crippen molar-refractivity contribution >= 4 is 0 Å². The molecule has 0 rings (SSSR count). The summed E-state index contributed by atoms with van der Waals surface area (Å²) in [5.41, 5.74) is 0. The molecule has 0 spiro atoms. The van der Waals surface area contributed by atoms with Crippen molar-refractivity contribution in [2.75, 3.05) is 6.61 Å². The van der Waals surface area contributed by atoms with E-state index in [0.717, 1.165) is 38.1 Å². The van der Waals surface area contributed by atoms with Gasteiger partial charge in [-0.1, -0.05) is 0 Å². The summed E-state index contributed by atoms with van der Waals surface area (Å²) < 4.78 is 9.90. The van der Waals surface area contributed by atoms with Crippen molar-refractivity contribution in [2.24, 2.45) is 0 Å². The maximum absolute atomic E-state index is 5.00. The summed E-state index contributed by atoms with van der Waals surface area (Å²) in [5.74, 6) is 0. The molecule has 0 aliphatic rings. The molecule has 7 heavy (non-hydrogen) atoms. The van der Waals surface area contributed by atoms with Gasteiger partial charge < -0.3 is 0 Å². The fraction of sp³-hybridized carbons (Fsp3) is 1.00. The van der Waals surface area contributed by atoms with Gasteiger partial charge in [-0.3, -0.25) is 0 Å². The fourth-order valence-electron chi connectivity index (χ4n) is 0.274. The molecule has 0 saturated heterocycles. The van der Waals surface area contributed by atoms with Gasteiger partial charge in [0.25, 0.3) is 0 Å². The van der Waals surface area contributed by atoms with Crippen LogP contribution in [0.15, 0.2) is 0 Å². The Hall–Kier alpha value is 1.02. The second kappa shape index (κ2) is 5.17. The second-order valence-electron chi connectivity index (χ2n) is 1.16. The summed E-state index contributed by atoms with van der Waals surface area (Å²) in [6, 6.07) is 0. The van der Waals surface area contributed by atoms with Crippen molar-refractivity contribution < 1.29 is 38.3 Å². The summed E-state index contributed by atoms with van der Waals surface area (Å²) in [6.45, 7) is 4.59. The van der Waals surface area contributed by atoms with E-state index in [0.29, 0.717) is 0 Å². The molecule has 0 aliphatic heterocycles. The van der Waals surface area contributed by atoms with E-state index in [1.165, 1.54) is 0 Å². The van der Waals surface area contributed by atoms with E-state index in [-0.39, 0.29) is 6.29 Å². The Balaban J connectivity index is 2.83. The molecule has 2 nitrogen and oxygen atoms in total. The third-order valence-electron chi connectivity index (χ3n) is 0.593. The number of ether oxygens (including phenoxy) is 1.